The van der Waals surface area contributed by atoms with E-state index >= 15 is 0 Å². The standard InChI is InChI=1S/C17H12ClNO2S2/c18-13-8-6-11(7-9-13)14-10-22-17(19-14)23-15(16(20)21)12-4-2-1-3-5-12/h1-10,15H,(H,20,21)/t15-/m0/s1. The van der Waals surface area contributed by atoms with E-state index in [2.05, 4.69) is 4.98 Å². The number of aromatic nitrogens is 1. The Bertz CT molecular complexity index is 803. The minimum atomic E-state index is -0.871. The lowest BCUT2D eigenvalue weighted by atomic mass is 10.1. The first-order valence-corrected chi connectivity index (χ1v) is 8.93. The van der Waals surface area contributed by atoms with Crippen molar-refractivity contribution in [1.82, 2.24) is 4.98 Å². The molecule has 1 atom stereocenters. The average Bonchev–Trinajstić information content (AvgIpc) is 3.02. The van der Waals surface area contributed by atoms with Gasteiger partial charge < -0.3 is 5.11 Å². The second kappa shape index (κ2) is 7.17. The Morgan fingerprint density at radius 2 is 1.83 bits per heavy atom. The molecule has 3 nitrogen and oxygen atoms in total. The van der Waals surface area contributed by atoms with Crippen LogP contribution in [0.3, 0.4) is 0 Å². The van der Waals surface area contributed by atoms with Crippen molar-refractivity contribution >= 4 is 40.7 Å². The fourth-order valence-electron chi connectivity index (χ4n) is 2.05. The Morgan fingerprint density at radius 1 is 1.13 bits per heavy atom. The first kappa shape index (κ1) is 16.1. The number of rotatable bonds is 5. The summed E-state index contributed by atoms with van der Waals surface area (Å²) in [7, 11) is 0. The fraction of sp³-hybridized carbons (Fsp3) is 0.0588. The number of halogens is 1. The summed E-state index contributed by atoms with van der Waals surface area (Å²) < 4.78 is 0.728. The molecule has 0 spiro atoms. The van der Waals surface area contributed by atoms with Crippen LogP contribution < -0.4 is 0 Å². The number of nitrogens with zero attached hydrogens (tertiary/aromatic N) is 1. The third-order valence-electron chi connectivity index (χ3n) is 3.17. The summed E-state index contributed by atoms with van der Waals surface area (Å²) in [5, 5.41) is 11.4. The maximum absolute atomic E-state index is 11.6. The molecule has 2 aromatic carbocycles. The van der Waals surface area contributed by atoms with Crippen LogP contribution in [-0.4, -0.2) is 16.1 Å². The third-order valence-corrected chi connectivity index (χ3v) is 5.63. The molecule has 3 aromatic rings. The lowest BCUT2D eigenvalue weighted by Gasteiger charge is -2.10. The van der Waals surface area contributed by atoms with Gasteiger partial charge in [-0.05, 0) is 17.7 Å². The fourth-order valence-corrected chi connectivity index (χ4v) is 4.13. The summed E-state index contributed by atoms with van der Waals surface area (Å²) in [6.45, 7) is 0. The van der Waals surface area contributed by atoms with Gasteiger partial charge in [-0.25, -0.2) is 4.98 Å². The van der Waals surface area contributed by atoms with Crippen molar-refractivity contribution in [1.29, 1.82) is 0 Å². The number of carboxylic acid groups (broad SMARTS) is 1. The topological polar surface area (TPSA) is 50.2 Å². The maximum atomic E-state index is 11.6. The first-order valence-electron chi connectivity index (χ1n) is 6.79. The molecule has 0 saturated carbocycles. The van der Waals surface area contributed by atoms with Crippen LogP contribution >= 0.6 is 34.7 Å². The molecule has 0 aliphatic carbocycles. The molecule has 0 radical (unpaired) electrons. The van der Waals surface area contributed by atoms with Crippen molar-refractivity contribution in [3.05, 3.63) is 70.6 Å². The van der Waals surface area contributed by atoms with Gasteiger partial charge in [-0.15, -0.1) is 11.3 Å². The van der Waals surface area contributed by atoms with Crippen LogP contribution in [0.4, 0.5) is 0 Å². The number of hydrogen-bond donors (Lipinski definition) is 1. The third kappa shape index (κ3) is 3.93. The number of carbonyl (C=O) groups is 1. The van der Waals surface area contributed by atoms with Crippen molar-refractivity contribution in [2.75, 3.05) is 0 Å². The number of thioether (sulfide) groups is 1. The molecular weight excluding hydrogens is 350 g/mol. The van der Waals surface area contributed by atoms with Gasteiger partial charge in [0.2, 0.25) is 0 Å². The van der Waals surface area contributed by atoms with Crippen LogP contribution in [-0.2, 0) is 4.79 Å². The summed E-state index contributed by atoms with van der Waals surface area (Å²) in [6.07, 6.45) is 0. The highest BCUT2D eigenvalue weighted by Crippen LogP contribution is 2.38. The predicted octanol–water partition coefficient (Wildman–Crippen LogP) is 5.38. The SMILES string of the molecule is O=C(O)[C@@H](Sc1nc(-c2ccc(Cl)cc2)cs1)c1ccccc1. The number of carboxylic acids is 1. The van der Waals surface area contributed by atoms with Crippen LogP contribution in [0.1, 0.15) is 10.8 Å². The van der Waals surface area contributed by atoms with E-state index in [1.54, 1.807) is 0 Å². The predicted molar refractivity (Wildman–Crippen MR) is 95.2 cm³/mol. The van der Waals surface area contributed by atoms with Crippen LogP contribution in [0.25, 0.3) is 11.3 Å². The smallest absolute Gasteiger partial charge is 0.321 e. The van der Waals surface area contributed by atoms with Crippen LogP contribution in [0.5, 0.6) is 0 Å². The van der Waals surface area contributed by atoms with Crippen LogP contribution in [0, 0.1) is 0 Å². The second-order valence-electron chi connectivity index (χ2n) is 4.75. The molecule has 6 heteroatoms. The molecule has 0 aliphatic rings. The van der Waals surface area contributed by atoms with E-state index in [9.17, 15) is 9.90 Å². The molecule has 23 heavy (non-hydrogen) atoms. The van der Waals surface area contributed by atoms with Gasteiger partial charge in [0.15, 0.2) is 4.34 Å². The highest BCUT2D eigenvalue weighted by molar-refractivity contribution is 8.01. The second-order valence-corrected chi connectivity index (χ2v) is 7.40. The molecule has 0 fully saturated rings. The average molecular weight is 362 g/mol. The van der Waals surface area contributed by atoms with E-state index in [4.69, 9.17) is 11.6 Å². The molecule has 0 saturated heterocycles. The number of benzene rings is 2. The number of hydrogen-bond acceptors (Lipinski definition) is 4. The molecule has 1 N–H and O–H groups in total. The zero-order valence-corrected chi connectivity index (χ0v) is 14.2. The van der Waals surface area contributed by atoms with Crippen molar-refractivity contribution in [3.63, 3.8) is 0 Å². The summed E-state index contributed by atoms with van der Waals surface area (Å²) in [5.74, 6) is -0.871. The molecule has 3 rings (SSSR count). The van der Waals surface area contributed by atoms with Gasteiger partial charge >= 0.3 is 5.97 Å². The molecule has 1 heterocycles. The van der Waals surface area contributed by atoms with Crippen molar-refractivity contribution in [2.45, 2.75) is 9.59 Å². The van der Waals surface area contributed by atoms with Crippen LogP contribution in [0.15, 0.2) is 64.3 Å². The summed E-state index contributed by atoms with van der Waals surface area (Å²) in [4.78, 5) is 16.1. The Labute approximate surface area is 147 Å². The van der Waals surface area contributed by atoms with Crippen molar-refractivity contribution in [2.24, 2.45) is 0 Å². The Morgan fingerprint density at radius 3 is 2.48 bits per heavy atom. The van der Waals surface area contributed by atoms with E-state index < -0.39 is 11.2 Å². The normalized spacial score (nSPS) is 12.0. The van der Waals surface area contributed by atoms with Crippen LogP contribution in [0.2, 0.25) is 5.02 Å². The van der Waals surface area contributed by atoms with Crippen molar-refractivity contribution in [3.8, 4) is 11.3 Å². The number of aliphatic carboxylic acids is 1. The zero-order valence-electron chi connectivity index (χ0n) is 11.8. The molecule has 1 aromatic heterocycles. The largest absolute Gasteiger partial charge is 0.480 e. The summed E-state index contributed by atoms with van der Waals surface area (Å²) in [6, 6.07) is 16.6. The lowest BCUT2D eigenvalue weighted by Crippen LogP contribution is -2.07. The Balaban J connectivity index is 1.82. The zero-order chi connectivity index (χ0) is 16.2. The molecule has 0 aliphatic heterocycles. The van der Waals surface area contributed by atoms with Gasteiger partial charge in [0.25, 0.3) is 0 Å². The van der Waals surface area contributed by atoms with Gasteiger partial charge in [-0.2, -0.15) is 0 Å². The minimum absolute atomic E-state index is 0.666. The highest BCUT2D eigenvalue weighted by atomic mass is 35.5. The van der Waals surface area contributed by atoms with Gasteiger partial charge in [0.05, 0.1) is 5.69 Å². The monoisotopic (exact) mass is 361 g/mol. The Kier molecular flexibility index (Phi) is 5.00. The van der Waals surface area contributed by atoms with E-state index in [1.165, 1.54) is 23.1 Å². The van der Waals surface area contributed by atoms with Gasteiger partial charge in [-0.3, -0.25) is 4.79 Å². The van der Waals surface area contributed by atoms with E-state index in [1.807, 2.05) is 60.0 Å². The quantitative estimate of drug-likeness (QED) is 0.619. The minimum Gasteiger partial charge on any atom is -0.480 e. The maximum Gasteiger partial charge on any atom is 0.321 e. The Hall–Kier alpha value is -1.82. The van der Waals surface area contributed by atoms with E-state index in [0.717, 1.165) is 21.2 Å². The molecule has 0 unspecified atom stereocenters. The number of thiazole rings is 1. The summed E-state index contributed by atoms with van der Waals surface area (Å²) >= 11 is 8.58. The van der Waals surface area contributed by atoms with E-state index in [-0.39, 0.29) is 0 Å². The molecular formula is C17H12ClNO2S2. The molecule has 0 amide bonds. The molecule has 0 bridgehead atoms. The first-order chi connectivity index (χ1) is 11.1. The highest BCUT2D eigenvalue weighted by Gasteiger charge is 2.22. The van der Waals surface area contributed by atoms with Gasteiger partial charge in [-0.1, -0.05) is 65.8 Å². The van der Waals surface area contributed by atoms with Crippen molar-refractivity contribution < 1.29 is 9.90 Å². The lowest BCUT2D eigenvalue weighted by molar-refractivity contribution is -0.136. The van der Waals surface area contributed by atoms with Gasteiger partial charge in [0.1, 0.15) is 5.25 Å². The summed E-state index contributed by atoms with van der Waals surface area (Å²) in [5.41, 5.74) is 2.55. The van der Waals surface area contributed by atoms with Gasteiger partial charge in [0, 0.05) is 16.0 Å². The molecule has 116 valence electrons. The van der Waals surface area contributed by atoms with E-state index in [0.29, 0.717) is 5.02 Å².